The lowest BCUT2D eigenvalue weighted by molar-refractivity contribution is -0.113. The van der Waals surface area contributed by atoms with E-state index in [1.807, 2.05) is 42.5 Å². The second-order valence-electron chi connectivity index (χ2n) is 6.12. The minimum Gasteiger partial charge on any atom is -0.366 e. The van der Waals surface area contributed by atoms with Crippen molar-refractivity contribution in [3.05, 3.63) is 72.3 Å². The summed E-state index contributed by atoms with van der Waals surface area (Å²) in [5.41, 5.74) is 6.80. The summed E-state index contributed by atoms with van der Waals surface area (Å²) in [5.74, 6) is -0.831. The first-order valence-corrected chi connectivity index (χ1v) is 9.70. The number of nitrogens with one attached hydrogen (secondary N) is 1. The maximum absolute atomic E-state index is 12.4. The van der Waals surface area contributed by atoms with Crippen LogP contribution in [0.5, 0.6) is 0 Å². The largest absolute Gasteiger partial charge is 0.366 e. The number of benzene rings is 3. The van der Waals surface area contributed by atoms with Gasteiger partial charge in [0.1, 0.15) is 0 Å². The summed E-state index contributed by atoms with van der Waals surface area (Å²) in [4.78, 5) is 23.9. The van der Waals surface area contributed by atoms with E-state index in [0.717, 1.165) is 16.5 Å². The number of para-hydroxylation sites is 1. The van der Waals surface area contributed by atoms with Gasteiger partial charge >= 0.3 is 0 Å². The molecule has 0 fully saturated rings. The monoisotopic (exact) mass is 404 g/mol. The molecule has 2 amide bonds. The number of nitrogens with two attached hydrogens (primary N) is 1. The summed E-state index contributed by atoms with van der Waals surface area (Å²) in [6.07, 6.45) is 0. The van der Waals surface area contributed by atoms with E-state index in [1.165, 1.54) is 11.8 Å². The van der Waals surface area contributed by atoms with Gasteiger partial charge in [0.25, 0.3) is 5.91 Å². The lowest BCUT2D eigenvalue weighted by Gasteiger charge is -2.09. The molecular formula is C20H16N6O2S. The van der Waals surface area contributed by atoms with E-state index in [9.17, 15) is 9.59 Å². The quantitative estimate of drug-likeness (QED) is 0.477. The number of thioether (sulfide) groups is 1. The third-order valence-corrected chi connectivity index (χ3v) is 5.15. The predicted molar refractivity (Wildman–Crippen MR) is 111 cm³/mol. The van der Waals surface area contributed by atoms with Gasteiger partial charge in [-0.05, 0) is 34.0 Å². The molecule has 1 aromatic heterocycles. The molecule has 29 heavy (non-hydrogen) atoms. The van der Waals surface area contributed by atoms with Crippen LogP contribution >= 0.6 is 11.8 Å². The summed E-state index contributed by atoms with van der Waals surface area (Å²) in [5, 5.41) is 17.1. The highest BCUT2D eigenvalue weighted by Gasteiger charge is 2.15. The van der Waals surface area contributed by atoms with E-state index >= 15 is 0 Å². The van der Waals surface area contributed by atoms with Crippen molar-refractivity contribution in [1.29, 1.82) is 0 Å². The maximum atomic E-state index is 12.4. The molecule has 144 valence electrons. The van der Waals surface area contributed by atoms with Crippen molar-refractivity contribution < 1.29 is 9.59 Å². The number of tetrazole rings is 1. The number of anilines is 1. The summed E-state index contributed by atoms with van der Waals surface area (Å²) < 4.78 is 1.61. The molecule has 9 heteroatoms. The van der Waals surface area contributed by atoms with Gasteiger partial charge in [-0.25, -0.2) is 0 Å². The van der Waals surface area contributed by atoms with Crippen LogP contribution in [0.2, 0.25) is 0 Å². The number of rotatable bonds is 6. The van der Waals surface area contributed by atoms with Gasteiger partial charge in [0.05, 0.1) is 22.7 Å². The molecule has 3 N–H and O–H groups in total. The number of primary amides is 1. The number of carbonyl (C=O) groups excluding carboxylic acids is 2. The molecule has 0 saturated heterocycles. The number of amides is 2. The molecule has 0 atom stereocenters. The summed E-state index contributed by atoms with van der Waals surface area (Å²) in [6, 6.07) is 20.4. The van der Waals surface area contributed by atoms with Crippen molar-refractivity contribution in [2.75, 3.05) is 11.1 Å². The van der Waals surface area contributed by atoms with Gasteiger partial charge in [-0.3, -0.25) is 9.59 Å². The summed E-state index contributed by atoms with van der Waals surface area (Å²) >= 11 is 1.20. The molecule has 0 aliphatic rings. The molecule has 4 rings (SSSR count). The molecule has 0 radical (unpaired) electrons. The van der Waals surface area contributed by atoms with Gasteiger partial charge in [0, 0.05) is 5.39 Å². The Morgan fingerprint density at radius 1 is 1.00 bits per heavy atom. The fraction of sp³-hybridized carbons (Fsp3) is 0.0500. The first-order chi connectivity index (χ1) is 14.1. The average molecular weight is 404 g/mol. The Kier molecular flexibility index (Phi) is 5.21. The van der Waals surface area contributed by atoms with E-state index in [4.69, 9.17) is 5.73 Å². The zero-order valence-corrected chi connectivity index (χ0v) is 16.0. The first kappa shape index (κ1) is 18.6. The Bertz CT molecular complexity index is 1200. The van der Waals surface area contributed by atoms with Crippen LogP contribution in [0.15, 0.2) is 71.9 Å². The molecule has 0 bridgehead atoms. The molecule has 3 aromatic carbocycles. The average Bonchev–Trinajstić information content (AvgIpc) is 3.20. The standard InChI is InChI=1S/C20H16N6O2S/c21-19(28)15-9-3-4-10-16(15)22-18(27)12-29-20-23-24-25-26(20)17-11-5-7-13-6-1-2-8-14(13)17/h1-11H,12H2,(H2,21,28)(H,22,27). The number of hydrogen-bond acceptors (Lipinski definition) is 6. The van der Waals surface area contributed by atoms with E-state index in [1.54, 1.807) is 28.9 Å². The lowest BCUT2D eigenvalue weighted by Crippen LogP contribution is -2.19. The van der Waals surface area contributed by atoms with Gasteiger partial charge in [-0.15, -0.1) is 5.10 Å². The van der Waals surface area contributed by atoms with Crippen molar-refractivity contribution in [1.82, 2.24) is 20.2 Å². The predicted octanol–water partition coefficient (Wildman–Crippen LogP) is 2.65. The molecule has 0 aliphatic carbocycles. The van der Waals surface area contributed by atoms with Gasteiger partial charge in [0.2, 0.25) is 11.1 Å². The SMILES string of the molecule is NC(=O)c1ccccc1NC(=O)CSc1nnnn1-c1cccc2ccccc12. The third kappa shape index (κ3) is 3.94. The van der Waals surface area contributed by atoms with Crippen LogP contribution in [0, 0.1) is 0 Å². The van der Waals surface area contributed by atoms with Crippen LogP contribution < -0.4 is 11.1 Å². The second kappa shape index (κ2) is 8.11. The number of hydrogen-bond donors (Lipinski definition) is 2. The summed E-state index contributed by atoms with van der Waals surface area (Å²) in [7, 11) is 0. The molecular weight excluding hydrogens is 388 g/mol. The van der Waals surface area contributed by atoms with Crippen molar-refractivity contribution in [3.8, 4) is 5.69 Å². The molecule has 8 nitrogen and oxygen atoms in total. The molecule has 0 spiro atoms. The van der Waals surface area contributed by atoms with Gasteiger partial charge in [-0.2, -0.15) is 4.68 Å². The fourth-order valence-corrected chi connectivity index (χ4v) is 3.62. The minimum atomic E-state index is -0.603. The van der Waals surface area contributed by atoms with Crippen LogP contribution in [0.4, 0.5) is 5.69 Å². The van der Waals surface area contributed by atoms with E-state index in [-0.39, 0.29) is 17.2 Å². The van der Waals surface area contributed by atoms with Gasteiger partial charge in [-0.1, -0.05) is 60.3 Å². The van der Waals surface area contributed by atoms with Crippen molar-refractivity contribution in [2.24, 2.45) is 5.73 Å². The first-order valence-electron chi connectivity index (χ1n) is 8.71. The molecule has 4 aromatic rings. The molecule has 0 unspecified atom stereocenters. The Balaban J connectivity index is 1.52. The van der Waals surface area contributed by atoms with Crippen LogP contribution in [0.1, 0.15) is 10.4 Å². The highest BCUT2D eigenvalue weighted by atomic mass is 32.2. The topological polar surface area (TPSA) is 116 Å². The van der Waals surface area contributed by atoms with Crippen molar-refractivity contribution >= 4 is 40.0 Å². The number of fused-ring (bicyclic) bond motifs is 1. The Labute approximate surface area is 170 Å². The molecule has 0 saturated carbocycles. The van der Waals surface area contributed by atoms with E-state index in [0.29, 0.717) is 10.8 Å². The van der Waals surface area contributed by atoms with E-state index in [2.05, 4.69) is 20.8 Å². The second-order valence-corrected chi connectivity index (χ2v) is 7.06. The smallest absolute Gasteiger partial charge is 0.250 e. The van der Waals surface area contributed by atoms with Gasteiger partial charge < -0.3 is 11.1 Å². The van der Waals surface area contributed by atoms with E-state index < -0.39 is 5.91 Å². The van der Waals surface area contributed by atoms with Gasteiger partial charge in [0.15, 0.2) is 0 Å². The third-order valence-electron chi connectivity index (χ3n) is 4.23. The van der Waals surface area contributed by atoms with Crippen LogP contribution in [-0.4, -0.2) is 37.8 Å². The Morgan fingerprint density at radius 2 is 1.76 bits per heavy atom. The highest BCUT2D eigenvalue weighted by Crippen LogP contribution is 2.25. The normalized spacial score (nSPS) is 10.8. The Hall–Kier alpha value is -3.72. The molecule has 0 aliphatic heterocycles. The van der Waals surface area contributed by atoms with Crippen LogP contribution in [0.3, 0.4) is 0 Å². The van der Waals surface area contributed by atoms with Crippen LogP contribution in [-0.2, 0) is 4.79 Å². The lowest BCUT2D eigenvalue weighted by atomic mass is 10.1. The van der Waals surface area contributed by atoms with Crippen molar-refractivity contribution in [2.45, 2.75) is 5.16 Å². The number of aromatic nitrogens is 4. The minimum absolute atomic E-state index is 0.0677. The zero-order valence-electron chi connectivity index (χ0n) is 15.1. The number of carbonyl (C=O) groups is 2. The van der Waals surface area contributed by atoms with Crippen LogP contribution in [0.25, 0.3) is 16.5 Å². The molecule has 1 heterocycles. The maximum Gasteiger partial charge on any atom is 0.250 e. The summed E-state index contributed by atoms with van der Waals surface area (Å²) in [6.45, 7) is 0. The Morgan fingerprint density at radius 3 is 2.62 bits per heavy atom. The van der Waals surface area contributed by atoms with Crippen molar-refractivity contribution in [3.63, 3.8) is 0 Å². The number of nitrogens with zero attached hydrogens (tertiary/aromatic N) is 4. The highest BCUT2D eigenvalue weighted by molar-refractivity contribution is 7.99. The fourth-order valence-electron chi connectivity index (χ4n) is 2.94. The zero-order chi connectivity index (χ0) is 20.2.